The number of amides is 1. The van der Waals surface area contributed by atoms with Crippen LogP contribution in [0.1, 0.15) is 34.3 Å². The van der Waals surface area contributed by atoms with Gasteiger partial charge in [-0.2, -0.15) is 0 Å². The van der Waals surface area contributed by atoms with Crippen molar-refractivity contribution >= 4 is 5.91 Å². The van der Waals surface area contributed by atoms with Crippen LogP contribution < -0.4 is 4.74 Å². The van der Waals surface area contributed by atoms with Crippen LogP contribution in [0.4, 0.5) is 0 Å². The van der Waals surface area contributed by atoms with Gasteiger partial charge in [-0.1, -0.05) is 6.07 Å². The van der Waals surface area contributed by atoms with E-state index >= 15 is 0 Å². The molecule has 0 unspecified atom stereocenters. The van der Waals surface area contributed by atoms with Crippen LogP contribution in [0.2, 0.25) is 0 Å². The number of likely N-dealkylation sites (tertiary alicyclic amines) is 1. The molecule has 1 aromatic carbocycles. The van der Waals surface area contributed by atoms with Gasteiger partial charge in [0.15, 0.2) is 0 Å². The first-order chi connectivity index (χ1) is 13.1. The number of ether oxygens (including phenoxy) is 2. The van der Waals surface area contributed by atoms with E-state index in [1.165, 1.54) is 5.56 Å². The van der Waals surface area contributed by atoms with Crippen molar-refractivity contribution in [3.63, 3.8) is 0 Å². The topological polar surface area (TPSA) is 51.7 Å². The number of hydrogen-bond acceptors (Lipinski definition) is 4. The molecule has 2 saturated heterocycles. The Labute approximate surface area is 160 Å². The van der Waals surface area contributed by atoms with E-state index in [1.54, 1.807) is 12.4 Å². The highest BCUT2D eigenvalue weighted by atomic mass is 16.5. The maximum Gasteiger partial charge on any atom is 0.254 e. The number of carbonyl (C=O) groups is 1. The molecule has 4 rings (SSSR count). The van der Waals surface area contributed by atoms with E-state index in [9.17, 15) is 4.79 Å². The van der Waals surface area contributed by atoms with E-state index in [-0.39, 0.29) is 11.5 Å². The molecule has 5 nitrogen and oxygen atoms in total. The van der Waals surface area contributed by atoms with Crippen LogP contribution in [0.3, 0.4) is 0 Å². The summed E-state index contributed by atoms with van der Waals surface area (Å²) in [5, 5.41) is 0. The van der Waals surface area contributed by atoms with Gasteiger partial charge in [-0.15, -0.1) is 0 Å². The molecule has 2 fully saturated rings. The maximum absolute atomic E-state index is 12.8. The Hall–Kier alpha value is -2.40. The smallest absolute Gasteiger partial charge is 0.254 e. The number of aryl methyl sites for hydroxylation is 2. The highest BCUT2D eigenvalue weighted by molar-refractivity contribution is 5.95. The summed E-state index contributed by atoms with van der Waals surface area (Å²) in [5.41, 5.74) is 2.94. The summed E-state index contributed by atoms with van der Waals surface area (Å²) in [6.45, 7) is 6.87. The molecule has 2 aromatic rings. The summed E-state index contributed by atoms with van der Waals surface area (Å²) in [6.07, 6.45) is 5.43. The van der Waals surface area contributed by atoms with Gasteiger partial charge >= 0.3 is 0 Å². The summed E-state index contributed by atoms with van der Waals surface area (Å²) in [5.74, 6) is 1.33. The highest BCUT2D eigenvalue weighted by Crippen LogP contribution is 2.42. The molecule has 0 bridgehead atoms. The number of benzene rings is 1. The lowest BCUT2D eigenvalue weighted by molar-refractivity contribution is -0.119. The van der Waals surface area contributed by atoms with Crippen molar-refractivity contribution in [3.8, 4) is 5.75 Å². The molecule has 1 spiro atoms. The monoisotopic (exact) mass is 366 g/mol. The van der Waals surface area contributed by atoms with Crippen molar-refractivity contribution < 1.29 is 14.3 Å². The first-order valence-electron chi connectivity index (χ1n) is 9.61. The lowest BCUT2D eigenvalue weighted by Crippen LogP contribution is -2.66. The third-order valence-electron chi connectivity index (χ3n) is 5.93. The van der Waals surface area contributed by atoms with Crippen molar-refractivity contribution in [1.29, 1.82) is 0 Å². The molecule has 3 heterocycles. The SMILES string of the molecule is Cc1ccc(C(=O)N2CC3(C2)OCC[C@@H]3CCOc2cccnc2)cc1C. The second-order valence-electron chi connectivity index (χ2n) is 7.68. The van der Waals surface area contributed by atoms with Gasteiger partial charge in [0, 0.05) is 18.4 Å². The fourth-order valence-electron chi connectivity index (χ4n) is 4.09. The van der Waals surface area contributed by atoms with Crippen molar-refractivity contribution in [2.75, 3.05) is 26.3 Å². The first kappa shape index (κ1) is 18.0. The molecule has 0 aliphatic carbocycles. The van der Waals surface area contributed by atoms with Crippen molar-refractivity contribution in [3.05, 3.63) is 59.4 Å². The zero-order valence-electron chi connectivity index (χ0n) is 16.0. The fourth-order valence-corrected chi connectivity index (χ4v) is 4.09. The van der Waals surface area contributed by atoms with Crippen LogP contribution in [0.25, 0.3) is 0 Å². The molecule has 5 heteroatoms. The predicted octanol–water partition coefficient (Wildman–Crippen LogP) is 3.40. The van der Waals surface area contributed by atoms with E-state index in [2.05, 4.69) is 11.9 Å². The van der Waals surface area contributed by atoms with Gasteiger partial charge in [-0.3, -0.25) is 9.78 Å². The van der Waals surface area contributed by atoms with Gasteiger partial charge in [-0.05, 0) is 68.0 Å². The Morgan fingerprint density at radius 2 is 2.15 bits per heavy atom. The van der Waals surface area contributed by atoms with E-state index in [4.69, 9.17) is 9.47 Å². The molecule has 2 aliphatic heterocycles. The second kappa shape index (κ2) is 7.31. The predicted molar refractivity (Wildman–Crippen MR) is 103 cm³/mol. The second-order valence-corrected chi connectivity index (χ2v) is 7.68. The number of rotatable bonds is 5. The largest absolute Gasteiger partial charge is 0.492 e. The van der Waals surface area contributed by atoms with E-state index in [0.29, 0.717) is 25.6 Å². The quantitative estimate of drug-likeness (QED) is 0.814. The Morgan fingerprint density at radius 1 is 1.30 bits per heavy atom. The molecule has 1 atom stereocenters. The van der Waals surface area contributed by atoms with Gasteiger partial charge in [-0.25, -0.2) is 0 Å². The number of carbonyl (C=O) groups excluding carboxylic acids is 1. The zero-order valence-corrected chi connectivity index (χ0v) is 16.0. The standard InChI is InChI=1S/C22H26N2O3/c1-16-5-6-18(12-17(16)2)21(25)24-14-22(15-24)19(8-11-27-22)7-10-26-20-4-3-9-23-13-20/h3-6,9,12-13,19H,7-8,10-11,14-15H2,1-2H3/t19-/m0/s1. The first-order valence-corrected chi connectivity index (χ1v) is 9.61. The third-order valence-corrected chi connectivity index (χ3v) is 5.93. The van der Waals surface area contributed by atoms with Gasteiger partial charge in [0.1, 0.15) is 11.4 Å². The molecule has 0 N–H and O–H groups in total. The number of nitrogens with zero attached hydrogens (tertiary/aromatic N) is 2. The Kier molecular flexibility index (Phi) is 4.87. The Bertz CT molecular complexity index is 816. The van der Waals surface area contributed by atoms with Gasteiger partial charge in [0.25, 0.3) is 5.91 Å². The molecular formula is C22H26N2O3. The van der Waals surface area contributed by atoms with Crippen LogP contribution in [-0.4, -0.2) is 47.7 Å². The van der Waals surface area contributed by atoms with Gasteiger partial charge in [0.05, 0.1) is 25.9 Å². The normalized spacial score (nSPS) is 20.5. The zero-order chi connectivity index (χ0) is 18.9. The molecule has 27 heavy (non-hydrogen) atoms. The van der Waals surface area contributed by atoms with Crippen molar-refractivity contribution in [1.82, 2.24) is 9.88 Å². The summed E-state index contributed by atoms with van der Waals surface area (Å²) in [6, 6.07) is 9.71. The Morgan fingerprint density at radius 3 is 2.89 bits per heavy atom. The third kappa shape index (κ3) is 3.56. The van der Waals surface area contributed by atoms with Crippen LogP contribution in [0, 0.1) is 19.8 Å². The van der Waals surface area contributed by atoms with E-state index < -0.39 is 0 Å². The van der Waals surface area contributed by atoms with E-state index in [1.807, 2.05) is 42.2 Å². The van der Waals surface area contributed by atoms with Crippen molar-refractivity contribution in [2.24, 2.45) is 5.92 Å². The number of pyridine rings is 1. The summed E-state index contributed by atoms with van der Waals surface area (Å²) < 4.78 is 11.9. The minimum absolute atomic E-state index is 0.101. The minimum atomic E-state index is -0.187. The molecule has 0 saturated carbocycles. The fraction of sp³-hybridized carbons (Fsp3) is 0.455. The summed E-state index contributed by atoms with van der Waals surface area (Å²) in [7, 11) is 0. The van der Waals surface area contributed by atoms with Crippen molar-refractivity contribution in [2.45, 2.75) is 32.3 Å². The number of hydrogen-bond donors (Lipinski definition) is 0. The van der Waals surface area contributed by atoms with Crippen LogP contribution in [0.5, 0.6) is 5.75 Å². The summed E-state index contributed by atoms with van der Waals surface area (Å²) in [4.78, 5) is 18.7. The summed E-state index contributed by atoms with van der Waals surface area (Å²) >= 11 is 0. The van der Waals surface area contributed by atoms with Crippen LogP contribution in [-0.2, 0) is 4.74 Å². The molecule has 1 amide bonds. The average Bonchev–Trinajstić information content (AvgIpc) is 3.07. The molecule has 142 valence electrons. The van der Waals surface area contributed by atoms with Crippen LogP contribution >= 0.6 is 0 Å². The van der Waals surface area contributed by atoms with E-state index in [0.717, 1.165) is 36.3 Å². The average molecular weight is 366 g/mol. The molecule has 2 aliphatic rings. The van der Waals surface area contributed by atoms with Crippen LogP contribution in [0.15, 0.2) is 42.7 Å². The Balaban J connectivity index is 1.33. The van der Waals surface area contributed by atoms with Gasteiger partial charge < -0.3 is 14.4 Å². The van der Waals surface area contributed by atoms with Gasteiger partial charge in [0.2, 0.25) is 0 Å². The molecule has 1 aromatic heterocycles. The lowest BCUT2D eigenvalue weighted by Gasteiger charge is -2.50. The number of aromatic nitrogens is 1. The lowest BCUT2D eigenvalue weighted by atomic mass is 9.79. The highest BCUT2D eigenvalue weighted by Gasteiger charge is 2.54. The maximum atomic E-state index is 12.8. The minimum Gasteiger partial charge on any atom is -0.492 e. The molecular weight excluding hydrogens is 340 g/mol. The molecule has 0 radical (unpaired) electrons.